The van der Waals surface area contributed by atoms with Crippen LogP contribution in [0.1, 0.15) is 18.7 Å². The number of urea groups is 1. The van der Waals surface area contributed by atoms with Crippen molar-refractivity contribution in [2.45, 2.75) is 19.2 Å². The Balaban J connectivity index is 1.81. The Morgan fingerprint density at radius 3 is 2.50 bits per heavy atom. The molecule has 2 aromatic carbocycles. The highest BCUT2D eigenvalue weighted by atomic mass is 35.5. The van der Waals surface area contributed by atoms with Gasteiger partial charge in [-0.05, 0) is 31.2 Å². The van der Waals surface area contributed by atoms with Gasteiger partial charge in [0.1, 0.15) is 0 Å². The van der Waals surface area contributed by atoms with Crippen LogP contribution in [0.3, 0.4) is 0 Å². The van der Waals surface area contributed by atoms with Crippen LogP contribution >= 0.6 is 11.6 Å². The van der Waals surface area contributed by atoms with Gasteiger partial charge in [-0.15, -0.1) is 0 Å². The van der Waals surface area contributed by atoms with Crippen molar-refractivity contribution in [1.82, 2.24) is 9.96 Å². The third-order valence-electron chi connectivity index (χ3n) is 4.07. The number of hydrogen-bond acceptors (Lipinski definition) is 3. The van der Waals surface area contributed by atoms with Crippen molar-refractivity contribution in [2.75, 3.05) is 18.9 Å². The minimum Gasteiger partial charge on any atom is -0.308 e. The van der Waals surface area contributed by atoms with Crippen LogP contribution in [0.5, 0.6) is 0 Å². The molecule has 5 nitrogen and oxygen atoms in total. The number of anilines is 1. The van der Waals surface area contributed by atoms with Crippen molar-refractivity contribution in [3.8, 4) is 0 Å². The molecule has 1 heterocycles. The fraction of sp³-hybridized carbons (Fsp3) is 0.278. The highest BCUT2D eigenvalue weighted by Gasteiger charge is 2.35. The van der Waals surface area contributed by atoms with E-state index in [1.165, 1.54) is 0 Å². The van der Waals surface area contributed by atoms with Gasteiger partial charge in [-0.1, -0.05) is 41.9 Å². The number of amides is 2. The number of halogens is 1. The number of benzene rings is 2. The third-order valence-corrected chi connectivity index (χ3v) is 4.32. The number of hydrogen-bond donors (Lipinski definition) is 1. The minimum absolute atomic E-state index is 0.0981. The molecule has 1 fully saturated rings. The van der Waals surface area contributed by atoms with Gasteiger partial charge in [0.25, 0.3) is 0 Å². The smallest absolute Gasteiger partial charge is 0.308 e. The minimum atomic E-state index is -0.459. The normalized spacial score (nSPS) is 21.5. The molecule has 2 atom stereocenters. The third kappa shape index (κ3) is 3.70. The predicted molar refractivity (Wildman–Crippen MR) is 94.7 cm³/mol. The molecule has 0 radical (unpaired) electrons. The summed E-state index contributed by atoms with van der Waals surface area (Å²) in [5.41, 5.74) is 1.63. The Hall–Kier alpha value is -2.08. The summed E-state index contributed by atoms with van der Waals surface area (Å²) in [6, 6.07) is 16.7. The van der Waals surface area contributed by atoms with E-state index < -0.39 is 6.23 Å². The molecule has 2 amide bonds. The van der Waals surface area contributed by atoms with E-state index in [2.05, 4.69) is 5.32 Å². The highest BCUT2D eigenvalue weighted by molar-refractivity contribution is 6.30. The van der Waals surface area contributed by atoms with E-state index >= 15 is 0 Å². The first kappa shape index (κ1) is 16.8. The Labute approximate surface area is 146 Å². The van der Waals surface area contributed by atoms with Crippen LogP contribution in [-0.2, 0) is 4.84 Å². The zero-order chi connectivity index (χ0) is 17.1. The molecule has 1 saturated heterocycles. The van der Waals surface area contributed by atoms with Crippen molar-refractivity contribution in [3.05, 3.63) is 65.2 Å². The summed E-state index contributed by atoms with van der Waals surface area (Å²) < 4.78 is 0. The van der Waals surface area contributed by atoms with Gasteiger partial charge in [0.15, 0.2) is 6.23 Å². The molecule has 24 heavy (non-hydrogen) atoms. The lowest BCUT2D eigenvalue weighted by Crippen LogP contribution is -2.53. The summed E-state index contributed by atoms with van der Waals surface area (Å²) in [4.78, 5) is 20.4. The topological polar surface area (TPSA) is 44.8 Å². The van der Waals surface area contributed by atoms with E-state index in [0.717, 1.165) is 5.56 Å². The molecular formula is C18H20ClN3O2. The first-order valence-corrected chi connectivity index (χ1v) is 8.20. The molecular weight excluding hydrogens is 326 g/mol. The van der Waals surface area contributed by atoms with E-state index in [0.29, 0.717) is 17.3 Å². The molecule has 0 saturated carbocycles. The second-order valence-corrected chi connectivity index (χ2v) is 6.29. The number of hydroxylamine groups is 2. The zero-order valence-electron chi connectivity index (χ0n) is 13.6. The standard InChI is InChI=1S/C18H20ClN3O2/c1-13-12-22(18(23)20-16-10-8-15(19)9-11-16)17(24-21(13)2)14-6-4-3-5-7-14/h3-11,13,17H,12H2,1-2H3,(H,20,23)/t13-,17-/m1/s1. The lowest BCUT2D eigenvalue weighted by Gasteiger charge is -2.42. The average Bonchev–Trinajstić information content (AvgIpc) is 2.59. The Morgan fingerprint density at radius 2 is 1.83 bits per heavy atom. The van der Waals surface area contributed by atoms with Crippen LogP contribution in [0.15, 0.2) is 54.6 Å². The van der Waals surface area contributed by atoms with Gasteiger partial charge < -0.3 is 5.32 Å². The Bertz CT molecular complexity index is 693. The number of nitrogens with zero attached hydrogens (tertiary/aromatic N) is 2. The molecule has 1 N–H and O–H groups in total. The van der Waals surface area contributed by atoms with Gasteiger partial charge in [0.2, 0.25) is 0 Å². The maximum Gasteiger partial charge on any atom is 0.324 e. The van der Waals surface area contributed by atoms with Crippen molar-refractivity contribution in [1.29, 1.82) is 0 Å². The van der Waals surface area contributed by atoms with Crippen LogP contribution < -0.4 is 5.32 Å². The van der Waals surface area contributed by atoms with Gasteiger partial charge in [0.05, 0.1) is 6.04 Å². The van der Waals surface area contributed by atoms with Crippen molar-refractivity contribution >= 4 is 23.3 Å². The van der Waals surface area contributed by atoms with E-state index in [9.17, 15) is 4.79 Å². The molecule has 1 aliphatic rings. The van der Waals surface area contributed by atoms with Crippen LogP contribution in [0, 0.1) is 0 Å². The van der Waals surface area contributed by atoms with Crippen molar-refractivity contribution in [3.63, 3.8) is 0 Å². The van der Waals surface area contributed by atoms with Gasteiger partial charge in [0, 0.05) is 29.9 Å². The lowest BCUT2D eigenvalue weighted by molar-refractivity contribution is -0.272. The molecule has 6 heteroatoms. The lowest BCUT2D eigenvalue weighted by atomic mass is 10.1. The fourth-order valence-corrected chi connectivity index (χ4v) is 2.72. The first-order chi connectivity index (χ1) is 11.5. The summed E-state index contributed by atoms with van der Waals surface area (Å²) in [6.45, 7) is 2.58. The number of rotatable bonds is 2. The zero-order valence-corrected chi connectivity index (χ0v) is 14.4. The van der Waals surface area contributed by atoms with Crippen LogP contribution in [0.2, 0.25) is 5.02 Å². The quantitative estimate of drug-likeness (QED) is 0.889. The number of nitrogens with one attached hydrogen (secondary N) is 1. The van der Waals surface area contributed by atoms with Gasteiger partial charge >= 0.3 is 6.03 Å². The molecule has 0 unspecified atom stereocenters. The Kier molecular flexibility index (Phi) is 5.04. The van der Waals surface area contributed by atoms with E-state index in [1.54, 1.807) is 34.2 Å². The van der Waals surface area contributed by atoms with Crippen LogP contribution in [0.25, 0.3) is 0 Å². The number of carbonyl (C=O) groups is 1. The maximum atomic E-state index is 12.8. The molecule has 0 aromatic heterocycles. The van der Waals surface area contributed by atoms with Crippen LogP contribution in [-0.4, -0.2) is 35.6 Å². The maximum absolute atomic E-state index is 12.8. The molecule has 1 aliphatic heterocycles. The molecule has 2 aromatic rings. The monoisotopic (exact) mass is 345 g/mol. The van der Waals surface area contributed by atoms with Crippen LogP contribution in [0.4, 0.5) is 10.5 Å². The summed E-state index contributed by atoms with van der Waals surface area (Å²) >= 11 is 5.89. The van der Waals surface area contributed by atoms with Gasteiger partial charge in [-0.3, -0.25) is 9.74 Å². The molecule has 0 bridgehead atoms. The van der Waals surface area contributed by atoms with E-state index in [-0.39, 0.29) is 12.1 Å². The average molecular weight is 346 g/mol. The predicted octanol–water partition coefficient (Wildman–Crippen LogP) is 4.14. The second-order valence-electron chi connectivity index (χ2n) is 5.85. The molecule has 0 spiro atoms. The van der Waals surface area contributed by atoms with E-state index in [4.69, 9.17) is 16.4 Å². The second kappa shape index (κ2) is 7.21. The molecule has 3 rings (SSSR count). The molecule has 126 valence electrons. The SMILES string of the molecule is C[C@@H]1CN(C(=O)Nc2ccc(Cl)cc2)[C@@H](c2ccccc2)ON1C. The number of likely N-dealkylation sites (N-methyl/N-ethyl adjacent to an activating group) is 1. The largest absolute Gasteiger partial charge is 0.324 e. The summed E-state index contributed by atoms with van der Waals surface area (Å²) in [5.74, 6) is 0. The summed E-state index contributed by atoms with van der Waals surface area (Å²) in [6.07, 6.45) is -0.459. The van der Waals surface area contributed by atoms with Crippen molar-refractivity contribution < 1.29 is 9.63 Å². The first-order valence-electron chi connectivity index (χ1n) is 7.82. The highest BCUT2D eigenvalue weighted by Crippen LogP contribution is 2.29. The molecule has 0 aliphatic carbocycles. The number of carbonyl (C=O) groups excluding carboxylic acids is 1. The van der Waals surface area contributed by atoms with E-state index in [1.807, 2.05) is 44.3 Å². The van der Waals surface area contributed by atoms with Gasteiger partial charge in [-0.25, -0.2) is 4.79 Å². The fourth-order valence-electron chi connectivity index (χ4n) is 2.59. The summed E-state index contributed by atoms with van der Waals surface area (Å²) in [7, 11) is 1.88. The Morgan fingerprint density at radius 1 is 1.17 bits per heavy atom. The summed E-state index contributed by atoms with van der Waals surface area (Å²) in [5, 5.41) is 5.33. The van der Waals surface area contributed by atoms with Gasteiger partial charge in [-0.2, -0.15) is 5.06 Å². The van der Waals surface area contributed by atoms with Crippen molar-refractivity contribution in [2.24, 2.45) is 0 Å².